The van der Waals surface area contributed by atoms with Crippen LogP contribution in [0.25, 0.3) is 11.3 Å². The van der Waals surface area contributed by atoms with Crippen molar-refractivity contribution in [1.82, 2.24) is 14.7 Å². The first kappa shape index (κ1) is 22.4. The molecule has 0 bridgehead atoms. The fraction of sp³-hybridized carbons (Fsp3) is 0.310. The molecule has 2 aliphatic rings. The average Bonchev–Trinajstić information content (AvgIpc) is 3.47. The van der Waals surface area contributed by atoms with Gasteiger partial charge in [0.2, 0.25) is 0 Å². The molecule has 1 unspecified atom stereocenters. The molecule has 2 atom stereocenters. The summed E-state index contributed by atoms with van der Waals surface area (Å²) in [5.74, 6) is -0.506. The second-order valence-corrected chi connectivity index (χ2v) is 9.72. The minimum Gasteiger partial charge on any atom is -0.364 e. The standard InChI is InChI=1S/C29H32N4O/c1-21-19-26(28(30)34)31-33(21)25-12-10-22(11-13-25)20-29(27-9-6-18-32(27)2)16-14-24(15-17-29)23-7-4-3-5-8-23/h3-5,7-8,10-16,19,27H,6,9,17-18,20H2,1-2H3,(H2,30,34)/t27?,29-/m1/s1. The molecule has 0 saturated carbocycles. The van der Waals surface area contributed by atoms with Crippen LogP contribution < -0.4 is 5.73 Å². The highest BCUT2D eigenvalue weighted by molar-refractivity contribution is 5.90. The van der Waals surface area contributed by atoms with E-state index in [0.717, 1.165) is 30.8 Å². The maximum absolute atomic E-state index is 11.5. The normalized spacial score (nSPS) is 22.6. The molecule has 2 N–H and O–H groups in total. The SMILES string of the molecule is Cc1cc(C(N)=O)nn1-c1ccc(C[C@@]2(C3CCCN3C)C=CC(c3ccccc3)=CC2)cc1. The lowest BCUT2D eigenvalue weighted by atomic mass is 9.69. The van der Waals surface area contributed by atoms with E-state index >= 15 is 0 Å². The summed E-state index contributed by atoms with van der Waals surface area (Å²) in [7, 11) is 2.27. The molecule has 1 aliphatic heterocycles. The van der Waals surface area contributed by atoms with Gasteiger partial charge in [0.15, 0.2) is 5.69 Å². The first-order valence-corrected chi connectivity index (χ1v) is 12.1. The maximum atomic E-state index is 11.5. The third-order valence-corrected chi connectivity index (χ3v) is 7.44. The number of carbonyl (C=O) groups is 1. The molecular formula is C29H32N4O. The van der Waals surface area contributed by atoms with E-state index in [1.165, 1.54) is 29.5 Å². The Morgan fingerprint density at radius 1 is 1.15 bits per heavy atom. The molecule has 0 radical (unpaired) electrons. The molecular weight excluding hydrogens is 420 g/mol. The van der Waals surface area contributed by atoms with E-state index < -0.39 is 5.91 Å². The molecule has 174 valence electrons. The number of benzene rings is 2. The second kappa shape index (κ2) is 9.07. The van der Waals surface area contributed by atoms with Crippen molar-refractivity contribution < 1.29 is 4.79 Å². The number of aryl methyl sites for hydroxylation is 1. The quantitative estimate of drug-likeness (QED) is 0.576. The second-order valence-electron chi connectivity index (χ2n) is 9.72. The van der Waals surface area contributed by atoms with Gasteiger partial charge in [-0.25, -0.2) is 4.68 Å². The summed E-state index contributed by atoms with van der Waals surface area (Å²) >= 11 is 0. The zero-order valence-corrected chi connectivity index (χ0v) is 19.9. The van der Waals surface area contributed by atoms with Crippen LogP contribution in [-0.4, -0.2) is 40.2 Å². The molecule has 1 aromatic heterocycles. The van der Waals surface area contributed by atoms with Crippen LogP contribution in [-0.2, 0) is 6.42 Å². The summed E-state index contributed by atoms with van der Waals surface area (Å²) in [6, 6.07) is 21.5. The number of amides is 1. The van der Waals surface area contributed by atoms with Crippen LogP contribution in [0.3, 0.4) is 0 Å². The third kappa shape index (κ3) is 4.24. The van der Waals surface area contributed by atoms with Crippen LogP contribution in [0.2, 0.25) is 0 Å². The van der Waals surface area contributed by atoms with Gasteiger partial charge in [-0.05, 0) is 81.1 Å². The Labute approximate surface area is 201 Å². The van der Waals surface area contributed by atoms with E-state index in [1.807, 2.05) is 6.92 Å². The van der Waals surface area contributed by atoms with Gasteiger partial charge >= 0.3 is 0 Å². The van der Waals surface area contributed by atoms with Gasteiger partial charge in [-0.15, -0.1) is 0 Å². The van der Waals surface area contributed by atoms with Crippen molar-refractivity contribution >= 4 is 11.5 Å². The highest BCUT2D eigenvalue weighted by Gasteiger charge is 2.41. The van der Waals surface area contributed by atoms with Crippen molar-refractivity contribution in [1.29, 1.82) is 0 Å². The van der Waals surface area contributed by atoms with E-state index in [1.54, 1.807) is 10.7 Å². The van der Waals surface area contributed by atoms with Gasteiger partial charge in [-0.1, -0.05) is 60.7 Å². The highest BCUT2D eigenvalue weighted by atomic mass is 16.1. The molecule has 5 heteroatoms. The van der Waals surface area contributed by atoms with Gasteiger partial charge in [0.1, 0.15) is 0 Å². The van der Waals surface area contributed by atoms with Crippen LogP contribution in [0.4, 0.5) is 0 Å². The van der Waals surface area contributed by atoms with Gasteiger partial charge in [0, 0.05) is 17.2 Å². The number of hydrogen-bond donors (Lipinski definition) is 1. The van der Waals surface area contributed by atoms with Crippen LogP contribution in [0.1, 0.15) is 46.6 Å². The molecule has 1 fully saturated rings. The lowest BCUT2D eigenvalue weighted by Crippen LogP contribution is -2.43. The Kier molecular flexibility index (Phi) is 5.96. The first-order chi connectivity index (χ1) is 16.4. The topological polar surface area (TPSA) is 64.2 Å². The molecule has 34 heavy (non-hydrogen) atoms. The number of hydrogen-bond acceptors (Lipinski definition) is 3. The van der Waals surface area contributed by atoms with Crippen LogP contribution in [0, 0.1) is 12.3 Å². The highest BCUT2D eigenvalue weighted by Crippen LogP contribution is 2.44. The molecule has 5 nitrogen and oxygen atoms in total. The Hall–Kier alpha value is -3.44. The Balaban J connectivity index is 1.41. The van der Waals surface area contributed by atoms with Gasteiger partial charge in [0.25, 0.3) is 5.91 Å². The summed E-state index contributed by atoms with van der Waals surface area (Å²) in [4.78, 5) is 14.0. The molecule has 1 amide bonds. The van der Waals surface area contributed by atoms with Crippen LogP contribution in [0.15, 0.2) is 78.9 Å². The van der Waals surface area contributed by atoms with Gasteiger partial charge in [-0.2, -0.15) is 5.10 Å². The monoisotopic (exact) mass is 452 g/mol. The number of rotatable bonds is 6. The van der Waals surface area contributed by atoms with E-state index in [4.69, 9.17) is 5.73 Å². The van der Waals surface area contributed by atoms with Crippen molar-refractivity contribution in [2.45, 2.75) is 38.6 Å². The zero-order valence-electron chi connectivity index (χ0n) is 19.9. The molecule has 1 saturated heterocycles. The van der Waals surface area contributed by atoms with Crippen molar-refractivity contribution in [2.24, 2.45) is 11.1 Å². The van der Waals surface area contributed by atoms with E-state index in [9.17, 15) is 4.79 Å². The van der Waals surface area contributed by atoms with Crippen LogP contribution >= 0.6 is 0 Å². The summed E-state index contributed by atoms with van der Waals surface area (Å²) in [6.07, 6.45) is 11.7. The van der Waals surface area contributed by atoms with E-state index in [0.29, 0.717) is 6.04 Å². The van der Waals surface area contributed by atoms with Crippen molar-refractivity contribution in [3.8, 4) is 5.69 Å². The Morgan fingerprint density at radius 3 is 2.50 bits per heavy atom. The van der Waals surface area contributed by atoms with Crippen molar-refractivity contribution in [3.63, 3.8) is 0 Å². The number of primary amides is 1. The minimum atomic E-state index is -0.506. The summed E-state index contributed by atoms with van der Waals surface area (Å²) in [6.45, 7) is 3.09. The van der Waals surface area contributed by atoms with E-state index in [2.05, 4.69) is 89.9 Å². The summed E-state index contributed by atoms with van der Waals surface area (Å²) < 4.78 is 1.78. The number of nitrogens with zero attached hydrogens (tertiary/aromatic N) is 3. The number of nitrogens with two attached hydrogens (primary N) is 1. The zero-order chi connectivity index (χ0) is 23.7. The summed E-state index contributed by atoms with van der Waals surface area (Å²) in [5, 5.41) is 4.37. The van der Waals surface area contributed by atoms with Gasteiger partial charge in [-0.3, -0.25) is 4.79 Å². The Morgan fingerprint density at radius 2 is 1.91 bits per heavy atom. The molecule has 1 aliphatic carbocycles. The largest absolute Gasteiger partial charge is 0.364 e. The molecule has 0 spiro atoms. The molecule has 5 rings (SSSR count). The minimum absolute atomic E-state index is 0.0752. The lowest BCUT2D eigenvalue weighted by molar-refractivity contribution is 0.0995. The van der Waals surface area contributed by atoms with E-state index in [-0.39, 0.29) is 11.1 Å². The Bertz CT molecular complexity index is 1240. The fourth-order valence-electron chi connectivity index (χ4n) is 5.66. The first-order valence-electron chi connectivity index (χ1n) is 12.1. The molecule has 2 heterocycles. The maximum Gasteiger partial charge on any atom is 0.269 e. The van der Waals surface area contributed by atoms with Crippen molar-refractivity contribution in [3.05, 3.63) is 101 Å². The molecule has 3 aromatic rings. The summed E-state index contributed by atoms with van der Waals surface area (Å²) in [5.41, 5.74) is 11.5. The smallest absolute Gasteiger partial charge is 0.269 e. The molecule has 2 aromatic carbocycles. The average molecular weight is 453 g/mol. The number of carbonyl (C=O) groups excluding carboxylic acids is 1. The van der Waals surface area contributed by atoms with Crippen LogP contribution in [0.5, 0.6) is 0 Å². The predicted octanol–water partition coefficient (Wildman–Crippen LogP) is 4.95. The van der Waals surface area contributed by atoms with Gasteiger partial charge < -0.3 is 10.6 Å². The number of allylic oxidation sites excluding steroid dienone is 3. The predicted molar refractivity (Wildman–Crippen MR) is 137 cm³/mol. The number of aromatic nitrogens is 2. The van der Waals surface area contributed by atoms with Gasteiger partial charge in [0.05, 0.1) is 5.69 Å². The lowest BCUT2D eigenvalue weighted by Gasteiger charge is -2.41. The number of likely N-dealkylation sites (tertiary alicyclic amines) is 1. The van der Waals surface area contributed by atoms with Crippen molar-refractivity contribution in [2.75, 3.05) is 13.6 Å². The third-order valence-electron chi connectivity index (χ3n) is 7.44. The fourth-order valence-corrected chi connectivity index (χ4v) is 5.66.